The summed E-state index contributed by atoms with van der Waals surface area (Å²) < 4.78 is 25.6. The fourth-order valence-corrected chi connectivity index (χ4v) is 15.7. The summed E-state index contributed by atoms with van der Waals surface area (Å²) in [6, 6.07) is 117. The van der Waals surface area contributed by atoms with E-state index in [-0.39, 0.29) is 20.1 Å². The maximum Gasteiger partial charge on any atom is 0.254 e. The summed E-state index contributed by atoms with van der Waals surface area (Å²) in [5.41, 5.74) is 24.1. The van der Waals surface area contributed by atoms with Gasteiger partial charge in [0.15, 0.2) is 0 Å². The maximum atomic E-state index is 7.30. The van der Waals surface area contributed by atoms with Crippen molar-refractivity contribution in [2.75, 3.05) is 0 Å². The van der Waals surface area contributed by atoms with Gasteiger partial charge in [-0.05, 0) is 139 Å². The first-order chi connectivity index (χ1) is 45.7. The molecule has 3 aliphatic rings. The highest BCUT2D eigenvalue weighted by Crippen LogP contribution is 2.42. The molecule has 0 saturated heterocycles. The van der Waals surface area contributed by atoms with Gasteiger partial charge < -0.3 is 23.3 Å². The highest BCUT2D eigenvalue weighted by Gasteiger charge is 2.40. The Morgan fingerprint density at radius 2 is 0.674 bits per heavy atom. The highest BCUT2D eigenvalue weighted by atomic mass is 16.5. The first kappa shape index (κ1) is 52.2. The van der Waals surface area contributed by atoms with Gasteiger partial charge in [0.1, 0.15) is 34.5 Å². The lowest BCUT2D eigenvalue weighted by atomic mass is 9.31. The van der Waals surface area contributed by atoms with Gasteiger partial charge in [0.25, 0.3) is 20.1 Å². The van der Waals surface area contributed by atoms with Crippen molar-refractivity contribution in [3.8, 4) is 79.3 Å². The molecule has 426 valence electrons. The molecule has 0 saturated carbocycles. The molecule has 0 N–H and O–H groups in total. The van der Waals surface area contributed by atoms with E-state index >= 15 is 0 Å². The van der Waals surface area contributed by atoms with E-state index in [9.17, 15) is 0 Å². The fourth-order valence-electron chi connectivity index (χ4n) is 15.7. The van der Waals surface area contributed by atoms with Crippen LogP contribution < -0.4 is 63.4 Å². The molecule has 2 aromatic heterocycles. The molecule has 0 atom stereocenters. The minimum absolute atomic E-state index is 0.0745. The zero-order valence-corrected chi connectivity index (χ0v) is 50.0. The molecule has 3 aliphatic heterocycles. The van der Waals surface area contributed by atoms with Crippen LogP contribution in [0.5, 0.6) is 34.5 Å². The van der Waals surface area contributed by atoms with E-state index in [1.54, 1.807) is 0 Å². The van der Waals surface area contributed by atoms with Crippen LogP contribution in [0, 0.1) is 0 Å². The Morgan fingerprint density at radius 1 is 0.239 bits per heavy atom. The smallest absolute Gasteiger partial charge is 0.254 e. The molecule has 19 rings (SSSR count). The Hall–Kier alpha value is -11.7. The summed E-state index contributed by atoms with van der Waals surface area (Å²) in [6.45, 7) is -0.363. The second kappa shape index (κ2) is 20.9. The van der Waals surface area contributed by atoms with E-state index in [1.807, 2.05) is 0 Å². The number of hydrogen-bond donors (Lipinski definition) is 0. The molecule has 0 aliphatic carbocycles. The average Bonchev–Trinajstić information content (AvgIpc) is 1.31. The Labute approximate surface area is 533 Å². The second-order valence-electron chi connectivity index (χ2n) is 24.4. The second-order valence-corrected chi connectivity index (χ2v) is 24.4. The van der Waals surface area contributed by atoms with E-state index in [4.69, 9.17) is 14.2 Å². The molecule has 0 bridgehead atoms. The molecule has 5 heterocycles. The van der Waals surface area contributed by atoms with Gasteiger partial charge in [0.2, 0.25) is 0 Å². The Kier molecular flexibility index (Phi) is 11.9. The van der Waals surface area contributed by atoms with E-state index in [0.29, 0.717) is 0 Å². The van der Waals surface area contributed by atoms with Crippen LogP contribution in [0.1, 0.15) is 0 Å². The van der Waals surface area contributed by atoms with Gasteiger partial charge in [-0.15, -0.1) is 0 Å². The van der Waals surface area contributed by atoms with Gasteiger partial charge in [-0.1, -0.05) is 260 Å². The standard InChI is InChI=1S/C84H53B3N2O3/c1-3-24-54(25-4-1)58-30-22-42-75(83(58)87-67-35-12-18-45-79(67)91-80-46-19-13-36-68(80)87)89-73-41-15-8-29-61(73)63-53-57(49-51-74(63)89)88-72-40-14-7-28-60(72)62-50-48-56(52-76(62)88)59-31-21-39-71-84(59)92-81-47-20-11-34-66(81)86(71)70-38-23-37-69(82(70)55-26-5-2-6-27-55)85-64-32-9-16-43-77(64)90-78-44-17-10-33-65(78)85/h1-53H. The van der Waals surface area contributed by atoms with Crippen LogP contribution in [0.25, 0.3) is 88.4 Å². The summed E-state index contributed by atoms with van der Waals surface area (Å²) in [5.74, 6) is 5.24. The molecule has 5 nitrogen and oxygen atoms in total. The highest BCUT2D eigenvalue weighted by molar-refractivity contribution is 7.01. The Balaban J connectivity index is 0.790. The zero-order chi connectivity index (χ0) is 60.4. The van der Waals surface area contributed by atoms with Crippen molar-refractivity contribution in [3.63, 3.8) is 0 Å². The van der Waals surface area contributed by atoms with Crippen molar-refractivity contribution in [1.29, 1.82) is 0 Å². The molecule has 0 unspecified atom stereocenters. The lowest BCUT2D eigenvalue weighted by Gasteiger charge is -2.32. The Morgan fingerprint density at radius 3 is 1.29 bits per heavy atom. The molecule has 0 spiro atoms. The monoisotopic (exact) mass is 1170 g/mol. The van der Waals surface area contributed by atoms with Crippen LogP contribution >= 0.6 is 0 Å². The normalized spacial score (nSPS) is 12.8. The van der Waals surface area contributed by atoms with Crippen LogP contribution in [-0.4, -0.2) is 29.3 Å². The lowest BCUT2D eigenvalue weighted by molar-refractivity contribution is 0.487. The predicted molar refractivity (Wildman–Crippen MR) is 384 cm³/mol. The predicted octanol–water partition coefficient (Wildman–Crippen LogP) is 14.7. The number of para-hydroxylation sites is 8. The lowest BCUT2D eigenvalue weighted by Crippen LogP contribution is -2.60. The summed E-state index contributed by atoms with van der Waals surface area (Å²) in [7, 11) is 0. The van der Waals surface area contributed by atoms with Crippen molar-refractivity contribution >= 4 is 113 Å². The van der Waals surface area contributed by atoms with Crippen LogP contribution in [0.3, 0.4) is 0 Å². The van der Waals surface area contributed by atoms with Crippen molar-refractivity contribution in [2.24, 2.45) is 0 Å². The van der Waals surface area contributed by atoms with Crippen LogP contribution in [-0.2, 0) is 0 Å². The molecule has 8 heteroatoms. The van der Waals surface area contributed by atoms with Crippen molar-refractivity contribution in [3.05, 3.63) is 322 Å². The van der Waals surface area contributed by atoms with Gasteiger partial charge >= 0.3 is 0 Å². The molecule has 92 heavy (non-hydrogen) atoms. The van der Waals surface area contributed by atoms with Gasteiger partial charge in [-0.25, -0.2) is 0 Å². The third kappa shape index (κ3) is 8.03. The number of rotatable bonds is 8. The van der Waals surface area contributed by atoms with Gasteiger partial charge in [-0.3, -0.25) is 0 Å². The number of nitrogens with zero attached hydrogens (tertiary/aromatic N) is 2. The van der Waals surface area contributed by atoms with Crippen molar-refractivity contribution < 1.29 is 14.2 Å². The molecule has 16 aromatic rings. The summed E-state index contributed by atoms with van der Waals surface area (Å²) in [6.07, 6.45) is 0. The first-order valence-electron chi connectivity index (χ1n) is 31.7. The molecule has 0 amide bonds. The van der Waals surface area contributed by atoms with Crippen molar-refractivity contribution in [2.45, 2.75) is 0 Å². The van der Waals surface area contributed by atoms with E-state index in [0.717, 1.165) is 117 Å². The molecule has 0 fully saturated rings. The van der Waals surface area contributed by atoms with Gasteiger partial charge in [-0.2, -0.15) is 0 Å². The van der Waals surface area contributed by atoms with E-state index in [2.05, 4.69) is 331 Å². The zero-order valence-electron chi connectivity index (χ0n) is 50.0. The molecule has 0 radical (unpaired) electrons. The summed E-state index contributed by atoms with van der Waals surface area (Å²) >= 11 is 0. The topological polar surface area (TPSA) is 37.5 Å². The summed E-state index contributed by atoms with van der Waals surface area (Å²) in [5, 5.41) is 4.73. The van der Waals surface area contributed by atoms with Gasteiger partial charge in [0.05, 0.1) is 22.1 Å². The number of fused-ring (bicyclic) bond motifs is 12. The third-order valence-electron chi connectivity index (χ3n) is 19.6. The minimum atomic E-state index is -0.167. The largest absolute Gasteiger partial charge is 0.458 e. The number of ether oxygens (including phenoxy) is 3. The summed E-state index contributed by atoms with van der Waals surface area (Å²) in [4.78, 5) is 0. The fraction of sp³-hybridized carbons (Fsp3) is 0. The minimum Gasteiger partial charge on any atom is -0.458 e. The first-order valence-corrected chi connectivity index (χ1v) is 31.7. The van der Waals surface area contributed by atoms with Gasteiger partial charge in [0, 0.05) is 38.5 Å². The molecular formula is C84H53B3N2O3. The number of aromatic nitrogens is 2. The number of hydrogen-bond acceptors (Lipinski definition) is 3. The van der Waals surface area contributed by atoms with Crippen LogP contribution in [0.4, 0.5) is 0 Å². The van der Waals surface area contributed by atoms with E-state index in [1.165, 1.54) is 54.6 Å². The average molecular weight is 1170 g/mol. The Bertz CT molecular complexity index is 5590. The number of benzene rings is 14. The quantitative estimate of drug-likeness (QED) is 0.142. The van der Waals surface area contributed by atoms with Crippen LogP contribution in [0.2, 0.25) is 0 Å². The SMILES string of the molecule is c1ccc(-c2cccc(-n3c4ccccc4c4cc(-n5c6ccccc6c6ccc(-c7cccc8c7Oc7ccccc7B8c7cccc(B8c9ccccc9Oc9ccccc98)c7-c7ccccc7)cc65)ccc43)c2B2c3ccccc3Oc3ccccc32)cc1. The molecular weight excluding hydrogens is 1120 g/mol. The van der Waals surface area contributed by atoms with E-state index < -0.39 is 0 Å². The van der Waals surface area contributed by atoms with Crippen molar-refractivity contribution in [1.82, 2.24) is 9.13 Å². The molecule has 14 aromatic carbocycles. The third-order valence-corrected chi connectivity index (χ3v) is 19.6. The van der Waals surface area contributed by atoms with Crippen LogP contribution in [0.15, 0.2) is 322 Å². The maximum absolute atomic E-state index is 7.30.